The van der Waals surface area contributed by atoms with Crippen molar-refractivity contribution in [1.29, 1.82) is 0 Å². The van der Waals surface area contributed by atoms with Crippen LogP contribution in [-0.2, 0) is 0 Å². The molecule has 0 aliphatic heterocycles. The molecular formula is C60H104N12OS. The molecule has 0 bridgehead atoms. The minimum Gasteiger partial charge on any atom is -0.307 e. The number of aromatic nitrogens is 12. The molecule has 0 saturated heterocycles. The average Bonchev–Trinajstić information content (AvgIpc) is 4.26. The highest BCUT2D eigenvalue weighted by Gasteiger charge is 1.94. The molecule has 0 fully saturated rings. The summed E-state index contributed by atoms with van der Waals surface area (Å²) in [6, 6.07) is 15.3. The van der Waals surface area contributed by atoms with Gasteiger partial charge in [-0.3, -0.25) is 13.8 Å². The molecule has 0 spiro atoms. The zero-order chi connectivity index (χ0) is 57.7. The van der Waals surface area contributed by atoms with Crippen molar-refractivity contribution in [2.24, 2.45) is 29.6 Å². The van der Waals surface area contributed by atoms with E-state index in [1.54, 1.807) is 54.7 Å². The molecule has 0 aliphatic rings. The third-order valence-electron chi connectivity index (χ3n) is 5.86. The molecule has 13 nitrogen and oxygen atoms in total. The fourth-order valence-corrected chi connectivity index (χ4v) is 4.46. The number of thiazole rings is 1. The topological polar surface area (TPSA) is 134 Å². The first-order valence-electron chi connectivity index (χ1n) is 26.9. The van der Waals surface area contributed by atoms with Crippen molar-refractivity contribution in [2.75, 3.05) is 0 Å². The third kappa shape index (κ3) is 45.6. The Morgan fingerprint density at radius 2 is 0.743 bits per heavy atom. The average molecular weight is 1040 g/mol. The Labute approximate surface area is 454 Å². The molecule has 0 amide bonds. The van der Waals surface area contributed by atoms with Crippen LogP contribution in [0, 0.1) is 29.6 Å². The quantitative estimate of drug-likeness (QED) is 0.145. The van der Waals surface area contributed by atoms with E-state index in [1.807, 2.05) is 190 Å². The summed E-state index contributed by atoms with van der Waals surface area (Å²) >= 11 is 1.65. The van der Waals surface area contributed by atoms with E-state index in [2.05, 4.69) is 149 Å². The van der Waals surface area contributed by atoms with Gasteiger partial charge in [0.1, 0.15) is 16.7 Å². The number of hydrogen-bond acceptors (Lipinski definition) is 10. The van der Waals surface area contributed by atoms with Crippen LogP contribution >= 0.6 is 11.3 Å². The highest BCUT2D eigenvalue weighted by molar-refractivity contribution is 7.15. The molecule has 74 heavy (non-hydrogen) atoms. The number of fused-ring (bicyclic) bond motifs is 5. The minimum atomic E-state index is 0.748. The lowest BCUT2D eigenvalue weighted by Gasteiger charge is -1.86. The van der Waals surface area contributed by atoms with E-state index in [0.29, 0.717) is 0 Å². The van der Waals surface area contributed by atoms with E-state index in [1.165, 1.54) is 0 Å². The first-order valence-corrected chi connectivity index (χ1v) is 27.7. The zero-order valence-electron chi connectivity index (χ0n) is 50.9. The van der Waals surface area contributed by atoms with E-state index in [9.17, 15) is 0 Å². The summed E-state index contributed by atoms with van der Waals surface area (Å²) in [7, 11) is 0. The van der Waals surface area contributed by atoms with Crippen molar-refractivity contribution in [3.05, 3.63) is 147 Å². The van der Waals surface area contributed by atoms with Crippen LogP contribution in [0.25, 0.3) is 33.1 Å². The van der Waals surface area contributed by atoms with Crippen LogP contribution in [0.1, 0.15) is 173 Å². The molecular weight excluding hydrogens is 937 g/mol. The number of pyridine rings is 1. The molecule has 10 aromatic rings. The second-order valence-electron chi connectivity index (χ2n) is 17.3. The maximum atomic E-state index is 4.46. The van der Waals surface area contributed by atoms with Gasteiger partial charge in [0, 0.05) is 92.1 Å². The fourth-order valence-electron chi connectivity index (χ4n) is 3.78. The number of rotatable bonds is 0. The molecule has 0 aliphatic carbocycles. The van der Waals surface area contributed by atoms with Crippen molar-refractivity contribution in [1.82, 2.24) is 57.8 Å². The van der Waals surface area contributed by atoms with Gasteiger partial charge < -0.3 is 8.80 Å². The van der Waals surface area contributed by atoms with E-state index in [0.717, 1.165) is 62.7 Å². The Bertz CT molecular complexity index is 2080. The maximum absolute atomic E-state index is 4.46. The molecule has 10 rings (SSSR count). The predicted octanol–water partition coefficient (Wildman–Crippen LogP) is 18.9. The summed E-state index contributed by atoms with van der Waals surface area (Å²) in [5.74, 6) is 4.91. The Balaban J connectivity index is -0.000000238. The van der Waals surface area contributed by atoms with Crippen molar-refractivity contribution in [3.63, 3.8) is 0 Å². The first-order chi connectivity index (χ1) is 35.5. The Morgan fingerprint density at radius 3 is 1.20 bits per heavy atom. The summed E-state index contributed by atoms with van der Waals surface area (Å²) in [6.07, 6.45) is 27.6. The van der Waals surface area contributed by atoms with E-state index in [4.69, 9.17) is 0 Å². The van der Waals surface area contributed by atoms with Crippen molar-refractivity contribution < 1.29 is 4.63 Å². The second-order valence-corrected chi connectivity index (χ2v) is 18.2. The van der Waals surface area contributed by atoms with Crippen LogP contribution in [0.2, 0.25) is 0 Å². The van der Waals surface area contributed by atoms with Gasteiger partial charge in [-0.05, 0) is 70.2 Å². The summed E-state index contributed by atoms with van der Waals surface area (Å²) in [5, 5.41) is 9.28. The molecule has 0 saturated carbocycles. The van der Waals surface area contributed by atoms with E-state index >= 15 is 0 Å². The maximum Gasteiger partial charge on any atom is 0.233 e. The van der Waals surface area contributed by atoms with E-state index < -0.39 is 0 Å². The van der Waals surface area contributed by atoms with Crippen molar-refractivity contribution in [3.8, 4) is 0 Å². The first kappa shape index (κ1) is 76.6. The molecule has 416 valence electrons. The zero-order valence-corrected chi connectivity index (χ0v) is 51.7. The minimum absolute atomic E-state index is 0.748. The van der Waals surface area contributed by atoms with Gasteiger partial charge >= 0.3 is 0 Å². The lowest BCUT2D eigenvalue weighted by molar-refractivity contribution is 0.315. The van der Waals surface area contributed by atoms with Crippen molar-refractivity contribution >= 4 is 44.4 Å². The lowest BCUT2D eigenvalue weighted by Crippen LogP contribution is -1.82. The summed E-state index contributed by atoms with van der Waals surface area (Å²) in [6.45, 7) is 52.5. The largest absolute Gasteiger partial charge is 0.307 e. The highest BCUT2D eigenvalue weighted by atomic mass is 32.1. The predicted molar refractivity (Wildman–Crippen MR) is 325 cm³/mol. The van der Waals surface area contributed by atoms with E-state index in [-0.39, 0.29) is 0 Å². The number of benzene rings is 1. The van der Waals surface area contributed by atoms with Gasteiger partial charge in [0.15, 0.2) is 10.6 Å². The molecule has 0 atom stereocenters. The molecule has 1 aromatic carbocycles. The molecule has 0 unspecified atom stereocenters. The van der Waals surface area contributed by atoms with Gasteiger partial charge in [0.25, 0.3) is 0 Å². The fraction of sp³-hybridized carbons (Fsp3) is 0.500. The Hall–Kier alpha value is -6.28. The summed E-state index contributed by atoms with van der Waals surface area (Å²) in [5.41, 5.74) is 3.49. The van der Waals surface area contributed by atoms with Crippen LogP contribution in [0.4, 0.5) is 0 Å². The number of hydrogen-bond donors (Lipinski definition) is 0. The van der Waals surface area contributed by atoms with Gasteiger partial charge in [-0.15, -0.1) is 11.3 Å². The van der Waals surface area contributed by atoms with Crippen LogP contribution in [0.15, 0.2) is 151 Å². The van der Waals surface area contributed by atoms with Crippen LogP contribution in [-0.4, -0.2) is 57.8 Å². The van der Waals surface area contributed by atoms with Gasteiger partial charge in [-0.25, -0.2) is 29.5 Å². The van der Waals surface area contributed by atoms with Gasteiger partial charge in [0.05, 0.1) is 6.20 Å². The summed E-state index contributed by atoms with van der Waals surface area (Å²) < 4.78 is 12.2. The van der Waals surface area contributed by atoms with Gasteiger partial charge in [-0.2, -0.15) is 0 Å². The van der Waals surface area contributed by atoms with Crippen molar-refractivity contribution in [2.45, 2.75) is 173 Å². The molecule has 9 heterocycles. The molecule has 0 radical (unpaired) electrons. The third-order valence-corrected chi connectivity index (χ3v) is 6.65. The molecule has 14 heteroatoms. The number of imidazole rings is 4. The second kappa shape index (κ2) is 54.5. The van der Waals surface area contributed by atoms with Crippen LogP contribution in [0.3, 0.4) is 0 Å². The standard InChI is InChI=1S/C7H6N2.2C6H5N3.C6H4N2O.C5H4N2S.5C4H10.5C2H6/c1-2-5-9-6-4-8-7(9)3-1;1-3-9-4-2-8-6(9)5-7-1;1-2-7-6-8-3-5-9(6)4-1;1-2-4-6-5(3-1)7-9-8-6;1-2-7-3-4-8-5(7)6-1;5*1-4(2)3;5*1-2/h1-6H;2*1-5H;1-4H;1-4H;5*4H,1-3H3;5*1-2H3. The number of nitrogens with zero attached hydrogens (tertiary/aromatic N) is 12. The van der Waals surface area contributed by atoms with Gasteiger partial charge in [0.2, 0.25) is 5.78 Å². The lowest BCUT2D eigenvalue weighted by atomic mass is 10.3. The van der Waals surface area contributed by atoms with Crippen LogP contribution in [0.5, 0.6) is 0 Å². The SMILES string of the molecule is CC.CC.CC.CC.CC.CC(C)C.CC(C)C.CC(C)C.CC(C)C.CC(C)C.c1ccc2nonc2c1.c1ccn2ccnc2c1.c1cn2ccnc2cn1.c1cn2ccsc2n1.c1cnc2nccn2c1. The Morgan fingerprint density at radius 1 is 0.365 bits per heavy atom. The smallest absolute Gasteiger partial charge is 0.233 e. The molecule has 0 N–H and O–H groups in total. The normalized spacial score (nSPS) is 8.95. The monoisotopic (exact) mass is 1040 g/mol. The highest BCUT2D eigenvalue weighted by Crippen LogP contribution is 2.07. The Kier molecular flexibility index (Phi) is 56.4. The summed E-state index contributed by atoms with van der Waals surface area (Å²) in [4.78, 5) is 25.1. The van der Waals surface area contributed by atoms with Gasteiger partial charge in [-0.1, -0.05) is 191 Å². The van der Waals surface area contributed by atoms with Crippen LogP contribution < -0.4 is 0 Å². The molecule has 9 aromatic heterocycles.